The molecule has 0 bridgehead atoms. The monoisotopic (exact) mass is 561 g/mol. The lowest BCUT2D eigenvalue weighted by Gasteiger charge is -2.28. The Bertz CT molecular complexity index is 1570. The number of aromatic nitrogens is 2. The molecule has 1 heterocycles. The molecular formula is C30H39N7O2S. The van der Waals surface area contributed by atoms with Crippen LogP contribution < -0.4 is 26.0 Å². The summed E-state index contributed by atoms with van der Waals surface area (Å²) in [7, 11) is 0.302. The topological polar surface area (TPSA) is 125 Å². The third kappa shape index (κ3) is 6.29. The fourth-order valence-corrected chi connectivity index (χ4v) is 6.89. The van der Waals surface area contributed by atoms with Crippen molar-refractivity contribution in [1.82, 2.24) is 14.7 Å². The Labute approximate surface area is 236 Å². The van der Waals surface area contributed by atoms with Crippen molar-refractivity contribution in [2.24, 2.45) is 17.6 Å². The fraction of sp³-hybridized carbons (Fsp3) is 0.400. The molecule has 1 saturated carbocycles. The average molecular weight is 562 g/mol. The first-order valence-corrected chi connectivity index (χ1v) is 15.5. The maximum Gasteiger partial charge on any atom is 0.241 e. The van der Waals surface area contributed by atoms with E-state index in [1.165, 1.54) is 0 Å². The molecule has 10 heteroatoms. The minimum atomic E-state index is -3.63. The summed E-state index contributed by atoms with van der Waals surface area (Å²) in [5, 5.41) is 9.39. The number of para-hydroxylation sites is 1. The molecule has 5 rings (SSSR count). The molecule has 1 fully saturated rings. The maximum atomic E-state index is 13.3. The Morgan fingerprint density at radius 2 is 1.50 bits per heavy atom. The summed E-state index contributed by atoms with van der Waals surface area (Å²) in [6.07, 6.45) is 4.03. The van der Waals surface area contributed by atoms with Crippen LogP contribution in [0.15, 0.2) is 65.6 Å². The van der Waals surface area contributed by atoms with E-state index < -0.39 is 10.0 Å². The molecular weight excluding hydrogens is 522 g/mol. The van der Waals surface area contributed by atoms with Crippen molar-refractivity contribution in [3.63, 3.8) is 0 Å². The molecule has 0 atom stereocenters. The number of sulfonamides is 1. The molecule has 0 spiro atoms. The second-order valence-corrected chi connectivity index (χ2v) is 12.5. The Morgan fingerprint density at radius 3 is 2.25 bits per heavy atom. The number of rotatable bonds is 11. The number of nitrogens with two attached hydrogens (primary N) is 1. The first-order chi connectivity index (χ1) is 19.4. The Kier molecular flexibility index (Phi) is 8.68. The minimum Gasteiger partial charge on any atom is -0.377 e. The van der Waals surface area contributed by atoms with E-state index >= 15 is 0 Å². The summed E-state index contributed by atoms with van der Waals surface area (Å²) >= 11 is 0. The van der Waals surface area contributed by atoms with Gasteiger partial charge in [-0.3, -0.25) is 0 Å². The number of benzene rings is 3. The highest BCUT2D eigenvalue weighted by molar-refractivity contribution is 7.89. The quantitative estimate of drug-likeness (QED) is 0.212. The van der Waals surface area contributed by atoms with Crippen molar-refractivity contribution >= 4 is 49.2 Å². The number of hydrogen-bond donors (Lipinski definition) is 4. The van der Waals surface area contributed by atoms with Crippen molar-refractivity contribution in [1.29, 1.82) is 0 Å². The molecule has 0 aliphatic heterocycles. The normalized spacial score (nSPS) is 17.7. The summed E-state index contributed by atoms with van der Waals surface area (Å²) in [5.74, 6) is 2.22. The van der Waals surface area contributed by atoms with Gasteiger partial charge < -0.3 is 21.3 Å². The van der Waals surface area contributed by atoms with Crippen LogP contribution >= 0.6 is 0 Å². The third-order valence-electron chi connectivity index (χ3n) is 7.75. The van der Waals surface area contributed by atoms with E-state index in [2.05, 4.69) is 15.4 Å². The highest BCUT2D eigenvalue weighted by Crippen LogP contribution is 2.32. The molecule has 212 valence electrons. The van der Waals surface area contributed by atoms with Gasteiger partial charge in [0.05, 0.1) is 10.4 Å². The molecule has 0 saturated heterocycles. The summed E-state index contributed by atoms with van der Waals surface area (Å²) in [4.78, 5) is 11.7. The standard InChI is InChI=1S/C30H39N7O2S/c1-37(2)27-11-5-9-24-23(27)8-6-12-28(24)40(38,39)34-20-22-15-13-21(14-16-22)19-33-30-35-26-10-4-3-7-25(26)29(36-30)32-18-17-31/h3-12,21-22,34H,13-20,31H2,1-2H3,(H2,32,33,35,36)/t21-,22-. The highest BCUT2D eigenvalue weighted by atomic mass is 32.2. The first-order valence-electron chi connectivity index (χ1n) is 14.0. The van der Waals surface area contributed by atoms with Crippen molar-refractivity contribution in [3.05, 3.63) is 60.7 Å². The van der Waals surface area contributed by atoms with Gasteiger partial charge in [0.15, 0.2) is 0 Å². The predicted octanol–water partition coefficient (Wildman–Crippen LogP) is 4.42. The largest absolute Gasteiger partial charge is 0.377 e. The van der Waals surface area contributed by atoms with E-state index in [9.17, 15) is 8.42 Å². The van der Waals surface area contributed by atoms with Crippen molar-refractivity contribution < 1.29 is 8.42 Å². The van der Waals surface area contributed by atoms with E-state index in [-0.39, 0.29) is 0 Å². The lowest BCUT2D eigenvalue weighted by molar-refractivity contribution is 0.284. The molecule has 4 aromatic rings. The van der Waals surface area contributed by atoms with Crippen LogP contribution in [0.3, 0.4) is 0 Å². The second kappa shape index (κ2) is 12.4. The van der Waals surface area contributed by atoms with Crippen LogP contribution in [-0.4, -0.2) is 58.7 Å². The smallest absolute Gasteiger partial charge is 0.241 e. The Morgan fingerprint density at radius 1 is 0.825 bits per heavy atom. The Hall–Kier alpha value is -3.47. The van der Waals surface area contributed by atoms with Gasteiger partial charge in [-0.25, -0.2) is 18.1 Å². The van der Waals surface area contributed by atoms with E-state index in [4.69, 9.17) is 15.7 Å². The molecule has 0 unspecified atom stereocenters. The molecule has 3 aromatic carbocycles. The van der Waals surface area contributed by atoms with Gasteiger partial charge in [-0.05, 0) is 61.8 Å². The first kappa shape index (κ1) is 28.1. The van der Waals surface area contributed by atoms with Gasteiger partial charge in [-0.15, -0.1) is 0 Å². The molecule has 1 aliphatic rings. The van der Waals surface area contributed by atoms with E-state index in [1.807, 2.05) is 73.6 Å². The predicted molar refractivity (Wildman–Crippen MR) is 164 cm³/mol. The molecule has 9 nitrogen and oxygen atoms in total. The van der Waals surface area contributed by atoms with Gasteiger partial charge in [-0.2, -0.15) is 4.98 Å². The molecule has 5 N–H and O–H groups in total. The van der Waals surface area contributed by atoms with Crippen LogP contribution in [0.5, 0.6) is 0 Å². The number of fused-ring (bicyclic) bond motifs is 2. The average Bonchev–Trinajstić information content (AvgIpc) is 2.97. The van der Waals surface area contributed by atoms with Crippen LogP contribution in [0.25, 0.3) is 21.7 Å². The number of hydrogen-bond acceptors (Lipinski definition) is 8. The van der Waals surface area contributed by atoms with Crippen LogP contribution in [-0.2, 0) is 10.0 Å². The number of nitrogens with one attached hydrogen (secondary N) is 3. The van der Waals surface area contributed by atoms with Gasteiger partial charge in [0, 0.05) is 62.1 Å². The van der Waals surface area contributed by atoms with Gasteiger partial charge in [0.1, 0.15) is 5.82 Å². The van der Waals surface area contributed by atoms with Gasteiger partial charge in [0.25, 0.3) is 0 Å². The van der Waals surface area contributed by atoms with Crippen molar-refractivity contribution in [3.8, 4) is 0 Å². The van der Waals surface area contributed by atoms with Gasteiger partial charge in [-0.1, -0.05) is 36.4 Å². The highest BCUT2D eigenvalue weighted by Gasteiger charge is 2.24. The number of nitrogens with zero attached hydrogens (tertiary/aromatic N) is 3. The SMILES string of the molecule is CN(C)c1cccc2c(S(=O)(=O)NC[C@H]3CC[C@H](CNc4nc(NCCN)c5ccccc5n4)CC3)cccc12. The van der Waals surface area contributed by atoms with E-state index in [1.54, 1.807) is 6.07 Å². The molecule has 1 aromatic heterocycles. The fourth-order valence-electron chi connectivity index (χ4n) is 5.55. The van der Waals surface area contributed by atoms with Crippen molar-refractivity contribution in [2.75, 3.05) is 55.8 Å². The van der Waals surface area contributed by atoms with E-state index in [0.717, 1.165) is 65.4 Å². The van der Waals surface area contributed by atoms with Crippen LogP contribution in [0.4, 0.5) is 17.5 Å². The zero-order valence-corrected chi connectivity index (χ0v) is 24.0. The zero-order chi connectivity index (χ0) is 28.1. The Balaban J connectivity index is 1.16. The summed E-state index contributed by atoms with van der Waals surface area (Å²) in [6.45, 7) is 2.42. The summed E-state index contributed by atoms with van der Waals surface area (Å²) in [5.41, 5.74) is 7.56. The molecule has 0 amide bonds. The molecule has 1 aliphatic carbocycles. The summed E-state index contributed by atoms with van der Waals surface area (Å²) < 4.78 is 29.5. The van der Waals surface area contributed by atoms with Gasteiger partial charge >= 0.3 is 0 Å². The molecule has 40 heavy (non-hydrogen) atoms. The van der Waals surface area contributed by atoms with Crippen LogP contribution in [0.1, 0.15) is 25.7 Å². The molecule has 0 radical (unpaired) electrons. The van der Waals surface area contributed by atoms with E-state index in [0.29, 0.717) is 42.3 Å². The lowest BCUT2D eigenvalue weighted by atomic mass is 9.82. The van der Waals surface area contributed by atoms with Crippen molar-refractivity contribution in [2.45, 2.75) is 30.6 Å². The maximum absolute atomic E-state index is 13.3. The summed E-state index contributed by atoms with van der Waals surface area (Å²) in [6, 6.07) is 19.2. The lowest BCUT2D eigenvalue weighted by Crippen LogP contribution is -2.32. The second-order valence-electron chi connectivity index (χ2n) is 10.8. The van der Waals surface area contributed by atoms with Crippen LogP contribution in [0, 0.1) is 11.8 Å². The minimum absolute atomic E-state index is 0.322. The van der Waals surface area contributed by atoms with Crippen LogP contribution in [0.2, 0.25) is 0 Å². The van der Waals surface area contributed by atoms with Gasteiger partial charge in [0.2, 0.25) is 16.0 Å². The zero-order valence-electron chi connectivity index (χ0n) is 23.2. The third-order valence-corrected chi connectivity index (χ3v) is 9.23. The number of anilines is 3.